The number of benzene rings is 1. The Morgan fingerprint density at radius 1 is 1.18 bits per heavy atom. The van der Waals surface area contributed by atoms with Crippen molar-refractivity contribution in [1.82, 2.24) is 9.55 Å². The molecular formula is C14H13N3. The number of imidazole rings is 1. The van der Waals surface area contributed by atoms with E-state index in [1.807, 2.05) is 30.6 Å². The second-order valence-electron chi connectivity index (χ2n) is 4.38. The topological polar surface area (TPSA) is 41.6 Å². The van der Waals surface area contributed by atoms with Crippen molar-refractivity contribution in [3.8, 4) is 17.3 Å². The lowest BCUT2D eigenvalue weighted by Gasteiger charge is -2.15. The molecule has 0 fully saturated rings. The highest BCUT2D eigenvalue weighted by Crippen LogP contribution is 2.26. The van der Waals surface area contributed by atoms with Crippen LogP contribution in [-0.4, -0.2) is 9.55 Å². The Kier molecular flexibility index (Phi) is 2.41. The van der Waals surface area contributed by atoms with E-state index >= 15 is 0 Å². The normalized spacial score (nSPS) is 14.1. The van der Waals surface area contributed by atoms with Gasteiger partial charge in [-0.1, -0.05) is 12.1 Å². The van der Waals surface area contributed by atoms with Crippen LogP contribution in [0.5, 0.6) is 0 Å². The highest BCUT2D eigenvalue weighted by atomic mass is 15.1. The predicted octanol–water partition coefficient (Wildman–Crippen LogP) is 2.76. The van der Waals surface area contributed by atoms with Crippen molar-refractivity contribution in [2.24, 2.45) is 0 Å². The molecule has 2 aromatic rings. The van der Waals surface area contributed by atoms with E-state index in [1.165, 1.54) is 18.5 Å². The first-order valence-corrected chi connectivity index (χ1v) is 5.93. The molecule has 0 radical (unpaired) electrons. The van der Waals surface area contributed by atoms with Gasteiger partial charge in [0.1, 0.15) is 0 Å². The summed E-state index contributed by atoms with van der Waals surface area (Å²) in [6.07, 6.45) is 5.53. The molecule has 1 aliphatic heterocycles. The molecule has 1 aliphatic rings. The third kappa shape index (κ3) is 1.72. The van der Waals surface area contributed by atoms with Crippen LogP contribution >= 0.6 is 0 Å². The number of nitriles is 1. The van der Waals surface area contributed by atoms with Gasteiger partial charge in [0.15, 0.2) is 0 Å². The molecule has 3 heteroatoms. The van der Waals surface area contributed by atoms with Gasteiger partial charge >= 0.3 is 0 Å². The van der Waals surface area contributed by atoms with Gasteiger partial charge in [-0.3, -0.25) is 0 Å². The van der Waals surface area contributed by atoms with E-state index in [-0.39, 0.29) is 0 Å². The maximum absolute atomic E-state index is 8.78. The van der Waals surface area contributed by atoms with Crippen LogP contribution in [0, 0.1) is 11.3 Å². The van der Waals surface area contributed by atoms with Gasteiger partial charge < -0.3 is 4.57 Å². The zero-order valence-corrected chi connectivity index (χ0v) is 9.56. The Balaban J connectivity index is 2.03. The lowest BCUT2D eigenvalue weighted by Crippen LogP contribution is -2.09. The number of rotatable bonds is 1. The van der Waals surface area contributed by atoms with Gasteiger partial charge in [-0.15, -0.1) is 0 Å². The molecule has 3 nitrogen and oxygen atoms in total. The van der Waals surface area contributed by atoms with Gasteiger partial charge in [0.25, 0.3) is 0 Å². The molecule has 0 bridgehead atoms. The zero-order chi connectivity index (χ0) is 11.7. The molecule has 3 rings (SSSR count). The highest BCUT2D eigenvalue weighted by Gasteiger charge is 2.15. The Morgan fingerprint density at radius 3 is 2.76 bits per heavy atom. The van der Waals surface area contributed by atoms with Gasteiger partial charge in [0.2, 0.25) is 0 Å². The van der Waals surface area contributed by atoms with E-state index in [4.69, 9.17) is 5.26 Å². The summed E-state index contributed by atoms with van der Waals surface area (Å²) in [6, 6.07) is 9.80. The van der Waals surface area contributed by atoms with Crippen molar-refractivity contribution in [2.75, 3.05) is 0 Å². The van der Waals surface area contributed by atoms with Crippen molar-refractivity contribution in [3.05, 3.63) is 41.9 Å². The lowest BCUT2D eigenvalue weighted by molar-refractivity contribution is 0.533. The number of nitrogens with zero attached hydrogens (tertiary/aromatic N) is 3. The molecule has 17 heavy (non-hydrogen) atoms. The van der Waals surface area contributed by atoms with Gasteiger partial charge in [0.05, 0.1) is 23.7 Å². The summed E-state index contributed by atoms with van der Waals surface area (Å²) in [5.74, 6) is 0. The van der Waals surface area contributed by atoms with Crippen molar-refractivity contribution < 1.29 is 0 Å². The van der Waals surface area contributed by atoms with Crippen molar-refractivity contribution in [3.63, 3.8) is 0 Å². The second kappa shape index (κ2) is 4.06. The Labute approximate surface area is 100 Å². The maximum Gasteiger partial charge on any atom is 0.0991 e. The third-order valence-electron chi connectivity index (χ3n) is 3.30. The molecular weight excluding hydrogens is 210 g/mol. The van der Waals surface area contributed by atoms with Crippen LogP contribution in [0.25, 0.3) is 11.3 Å². The minimum Gasteiger partial charge on any atom is -0.334 e. The minimum absolute atomic E-state index is 0.696. The average molecular weight is 223 g/mol. The first-order chi connectivity index (χ1) is 8.38. The fourth-order valence-electron chi connectivity index (χ4n) is 2.38. The van der Waals surface area contributed by atoms with Gasteiger partial charge in [-0.2, -0.15) is 5.26 Å². The smallest absolute Gasteiger partial charge is 0.0991 e. The van der Waals surface area contributed by atoms with Crippen LogP contribution in [0.3, 0.4) is 0 Å². The van der Waals surface area contributed by atoms with Crippen molar-refractivity contribution in [2.45, 2.75) is 25.8 Å². The average Bonchev–Trinajstić information content (AvgIpc) is 2.83. The summed E-state index contributed by atoms with van der Waals surface area (Å²) >= 11 is 0. The van der Waals surface area contributed by atoms with Crippen molar-refractivity contribution >= 4 is 0 Å². The van der Waals surface area contributed by atoms with Crippen LogP contribution < -0.4 is 0 Å². The first kappa shape index (κ1) is 10.1. The molecule has 1 aromatic heterocycles. The molecule has 0 saturated carbocycles. The van der Waals surface area contributed by atoms with E-state index < -0.39 is 0 Å². The Morgan fingerprint density at radius 2 is 2.00 bits per heavy atom. The molecule has 2 heterocycles. The summed E-state index contributed by atoms with van der Waals surface area (Å²) in [6.45, 7) is 1.08. The molecule has 0 N–H and O–H groups in total. The van der Waals surface area contributed by atoms with Crippen LogP contribution in [0.4, 0.5) is 0 Å². The quantitative estimate of drug-likeness (QED) is 0.746. The van der Waals surface area contributed by atoms with Crippen LogP contribution in [0.2, 0.25) is 0 Å². The zero-order valence-electron chi connectivity index (χ0n) is 9.56. The lowest BCUT2D eigenvalue weighted by atomic mass is 10.0. The van der Waals surface area contributed by atoms with Crippen molar-refractivity contribution in [1.29, 1.82) is 5.26 Å². The van der Waals surface area contributed by atoms with E-state index in [2.05, 4.69) is 15.6 Å². The molecule has 1 aromatic carbocycles. The van der Waals surface area contributed by atoms with E-state index in [0.717, 1.165) is 24.2 Å². The number of hydrogen-bond donors (Lipinski definition) is 0. The number of hydrogen-bond acceptors (Lipinski definition) is 2. The first-order valence-electron chi connectivity index (χ1n) is 5.93. The number of aryl methyl sites for hydroxylation is 1. The number of aromatic nitrogens is 2. The fraction of sp³-hybridized carbons (Fsp3) is 0.286. The second-order valence-corrected chi connectivity index (χ2v) is 4.38. The third-order valence-corrected chi connectivity index (χ3v) is 3.30. The molecule has 84 valence electrons. The SMILES string of the molecule is N#Cc1ccc(-c2ncn3c2CCCC3)cc1. The minimum atomic E-state index is 0.696. The summed E-state index contributed by atoms with van der Waals surface area (Å²) in [5, 5.41) is 8.78. The highest BCUT2D eigenvalue weighted by molar-refractivity contribution is 5.63. The van der Waals surface area contributed by atoms with Gasteiger partial charge in [0, 0.05) is 17.8 Å². The monoisotopic (exact) mass is 223 g/mol. The van der Waals surface area contributed by atoms with E-state index in [1.54, 1.807) is 0 Å². The fourth-order valence-corrected chi connectivity index (χ4v) is 2.38. The molecule has 0 unspecified atom stereocenters. The standard InChI is InChI=1S/C14H13N3/c15-9-11-4-6-12(7-5-11)14-13-3-1-2-8-17(13)10-16-14/h4-7,10H,1-3,8H2. The Hall–Kier alpha value is -2.08. The molecule has 0 saturated heterocycles. The summed E-state index contributed by atoms with van der Waals surface area (Å²) in [7, 11) is 0. The van der Waals surface area contributed by atoms with Crippen LogP contribution in [-0.2, 0) is 13.0 Å². The van der Waals surface area contributed by atoms with Gasteiger partial charge in [-0.05, 0) is 31.4 Å². The summed E-state index contributed by atoms with van der Waals surface area (Å²) < 4.78 is 2.25. The predicted molar refractivity (Wildman–Crippen MR) is 65.3 cm³/mol. The molecule has 0 aliphatic carbocycles. The van der Waals surface area contributed by atoms with Gasteiger partial charge in [-0.25, -0.2) is 4.98 Å². The van der Waals surface area contributed by atoms with E-state index in [0.29, 0.717) is 5.56 Å². The van der Waals surface area contributed by atoms with Crippen LogP contribution in [0.1, 0.15) is 24.1 Å². The molecule has 0 spiro atoms. The summed E-state index contributed by atoms with van der Waals surface area (Å²) in [5.41, 5.74) is 4.22. The molecule has 0 amide bonds. The molecule has 0 atom stereocenters. The van der Waals surface area contributed by atoms with E-state index in [9.17, 15) is 0 Å². The summed E-state index contributed by atoms with van der Waals surface area (Å²) in [4.78, 5) is 4.50. The van der Waals surface area contributed by atoms with Crippen LogP contribution in [0.15, 0.2) is 30.6 Å². The maximum atomic E-state index is 8.78. The Bertz CT molecular complexity index is 573. The largest absolute Gasteiger partial charge is 0.334 e. The number of fused-ring (bicyclic) bond motifs is 1.